The number of aliphatic hydroxyl groups is 1. The maximum absolute atomic E-state index is 12.6. The fourth-order valence-corrected chi connectivity index (χ4v) is 3.79. The summed E-state index contributed by atoms with van der Waals surface area (Å²) < 4.78 is 0. The molecule has 31 heavy (non-hydrogen) atoms. The van der Waals surface area contributed by atoms with Gasteiger partial charge in [0.1, 0.15) is 0 Å². The number of amides is 1. The second-order valence-corrected chi connectivity index (χ2v) is 8.46. The molecule has 0 radical (unpaired) electrons. The number of hydrogen-bond donors (Lipinski definition) is 3. The van der Waals surface area contributed by atoms with E-state index in [1.165, 1.54) is 11.6 Å². The number of aryl methyl sites for hydroxylation is 3. The minimum atomic E-state index is -0.649. The SMILES string of the molecule is CC(C)=CC(=O)Nc1cccc(C(=O)CCNC(C)C(O)c2c(C)cc(C)cc2C)c1. The van der Waals surface area contributed by atoms with Crippen LogP contribution in [0.1, 0.15) is 65.9 Å². The van der Waals surface area contributed by atoms with E-state index in [1.54, 1.807) is 24.3 Å². The molecule has 0 aliphatic rings. The number of anilines is 1. The van der Waals surface area contributed by atoms with Gasteiger partial charge in [-0.2, -0.15) is 0 Å². The Morgan fingerprint density at radius 3 is 2.32 bits per heavy atom. The van der Waals surface area contributed by atoms with Crippen molar-refractivity contribution in [3.63, 3.8) is 0 Å². The van der Waals surface area contributed by atoms with E-state index < -0.39 is 6.10 Å². The average Bonchev–Trinajstić information content (AvgIpc) is 2.66. The van der Waals surface area contributed by atoms with Gasteiger partial charge in [-0.3, -0.25) is 9.59 Å². The monoisotopic (exact) mass is 422 g/mol. The van der Waals surface area contributed by atoms with Crippen LogP contribution in [0, 0.1) is 20.8 Å². The van der Waals surface area contributed by atoms with Gasteiger partial charge in [-0.25, -0.2) is 0 Å². The maximum Gasteiger partial charge on any atom is 0.248 e. The van der Waals surface area contributed by atoms with Crippen LogP contribution in [-0.4, -0.2) is 29.4 Å². The highest BCUT2D eigenvalue weighted by Crippen LogP contribution is 2.26. The van der Waals surface area contributed by atoms with E-state index >= 15 is 0 Å². The first-order valence-electron chi connectivity index (χ1n) is 10.7. The Labute approximate surface area is 185 Å². The molecule has 2 atom stereocenters. The van der Waals surface area contributed by atoms with Gasteiger partial charge in [-0.05, 0) is 70.4 Å². The summed E-state index contributed by atoms with van der Waals surface area (Å²) in [5.41, 5.74) is 6.31. The minimum Gasteiger partial charge on any atom is -0.387 e. The number of hydrogen-bond acceptors (Lipinski definition) is 4. The molecule has 3 N–H and O–H groups in total. The fourth-order valence-electron chi connectivity index (χ4n) is 3.79. The van der Waals surface area contributed by atoms with Gasteiger partial charge in [-0.1, -0.05) is 35.4 Å². The summed E-state index contributed by atoms with van der Waals surface area (Å²) in [6.07, 6.45) is 1.17. The third-order valence-corrected chi connectivity index (χ3v) is 5.20. The zero-order valence-corrected chi connectivity index (χ0v) is 19.4. The molecule has 0 aromatic heterocycles. The molecule has 2 aromatic carbocycles. The molecule has 0 bridgehead atoms. The van der Waals surface area contributed by atoms with Crippen molar-refractivity contribution in [2.75, 3.05) is 11.9 Å². The molecule has 2 rings (SSSR count). The zero-order valence-electron chi connectivity index (χ0n) is 19.4. The number of rotatable bonds is 9. The molecule has 166 valence electrons. The predicted octanol–water partition coefficient (Wildman–Crippen LogP) is 4.80. The molecular formula is C26H34N2O3. The highest BCUT2D eigenvalue weighted by molar-refractivity contribution is 6.01. The Bertz CT molecular complexity index is 951. The Balaban J connectivity index is 1.94. The lowest BCUT2D eigenvalue weighted by molar-refractivity contribution is -0.111. The fraction of sp³-hybridized carbons (Fsp3) is 0.385. The third-order valence-electron chi connectivity index (χ3n) is 5.20. The first-order chi connectivity index (χ1) is 14.6. The first-order valence-corrected chi connectivity index (χ1v) is 10.7. The molecule has 0 aliphatic heterocycles. The quantitative estimate of drug-likeness (QED) is 0.401. The number of carbonyl (C=O) groups is 2. The number of Topliss-reactive ketones (excluding diaryl/α,β-unsaturated/α-hetero) is 1. The molecule has 0 heterocycles. The van der Waals surface area contributed by atoms with Crippen LogP contribution < -0.4 is 10.6 Å². The summed E-state index contributed by atoms with van der Waals surface area (Å²) in [6.45, 7) is 12.2. The standard InChI is InChI=1S/C26H34N2O3/c1-16(2)12-24(30)28-22-9-7-8-21(15-22)23(29)10-11-27-20(6)26(31)25-18(4)13-17(3)14-19(25)5/h7-9,12-15,20,26-27,31H,10-11H2,1-6H3,(H,28,30). The molecule has 0 aliphatic carbocycles. The van der Waals surface area contributed by atoms with E-state index in [0.29, 0.717) is 24.2 Å². The van der Waals surface area contributed by atoms with Gasteiger partial charge in [0.05, 0.1) is 6.10 Å². The predicted molar refractivity (Wildman–Crippen MR) is 127 cm³/mol. The molecule has 0 spiro atoms. The first kappa shape index (κ1) is 24.5. The Hall–Kier alpha value is -2.76. The van der Waals surface area contributed by atoms with E-state index in [4.69, 9.17) is 0 Å². The lowest BCUT2D eigenvalue weighted by Gasteiger charge is -2.24. The summed E-state index contributed by atoms with van der Waals surface area (Å²) in [5, 5.41) is 16.9. The van der Waals surface area contributed by atoms with E-state index in [2.05, 4.69) is 22.8 Å². The smallest absolute Gasteiger partial charge is 0.248 e. The largest absolute Gasteiger partial charge is 0.387 e. The highest BCUT2D eigenvalue weighted by Gasteiger charge is 2.20. The summed E-state index contributed by atoms with van der Waals surface area (Å²) >= 11 is 0. The molecule has 2 aromatic rings. The number of nitrogens with one attached hydrogen (secondary N) is 2. The van der Waals surface area contributed by atoms with E-state index in [1.807, 2.05) is 41.5 Å². The van der Waals surface area contributed by atoms with Crippen molar-refractivity contribution < 1.29 is 14.7 Å². The van der Waals surface area contributed by atoms with Crippen LogP contribution in [0.25, 0.3) is 0 Å². The van der Waals surface area contributed by atoms with Gasteiger partial charge >= 0.3 is 0 Å². The minimum absolute atomic E-state index is 0.0183. The van der Waals surface area contributed by atoms with Gasteiger partial charge in [0.25, 0.3) is 0 Å². The Morgan fingerprint density at radius 2 is 1.71 bits per heavy atom. The lowest BCUT2D eigenvalue weighted by Crippen LogP contribution is -2.34. The molecule has 1 amide bonds. The Morgan fingerprint density at radius 1 is 1.06 bits per heavy atom. The Kier molecular flexibility index (Phi) is 8.72. The summed E-state index contributed by atoms with van der Waals surface area (Å²) in [7, 11) is 0. The zero-order chi connectivity index (χ0) is 23.1. The van der Waals surface area contributed by atoms with Crippen molar-refractivity contribution >= 4 is 17.4 Å². The number of allylic oxidation sites excluding steroid dienone is 1. The van der Waals surface area contributed by atoms with Crippen LogP contribution in [0.3, 0.4) is 0 Å². The maximum atomic E-state index is 12.6. The average molecular weight is 423 g/mol. The normalized spacial score (nSPS) is 12.7. The number of aliphatic hydroxyl groups excluding tert-OH is 1. The van der Waals surface area contributed by atoms with Gasteiger partial charge in [0, 0.05) is 36.3 Å². The summed E-state index contributed by atoms with van der Waals surface area (Å²) in [5.74, 6) is -0.231. The molecule has 0 saturated heterocycles. The molecule has 0 fully saturated rings. The van der Waals surface area contributed by atoms with Gasteiger partial charge in [0.2, 0.25) is 5.91 Å². The van der Waals surface area contributed by atoms with Crippen molar-refractivity contribution in [3.8, 4) is 0 Å². The van der Waals surface area contributed by atoms with Crippen LogP contribution in [0.4, 0.5) is 5.69 Å². The van der Waals surface area contributed by atoms with Crippen molar-refractivity contribution in [2.24, 2.45) is 0 Å². The van der Waals surface area contributed by atoms with Crippen molar-refractivity contribution in [3.05, 3.63) is 75.9 Å². The second-order valence-electron chi connectivity index (χ2n) is 8.46. The van der Waals surface area contributed by atoms with Crippen LogP contribution in [0.5, 0.6) is 0 Å². The van der Waals surface area contributed by atoms with Crippen LogP contribution in [0.15, 0.2) is 48.0 Å². The number of carbonyl (C=O) groups excluding carboxylic acids is 2. The molecule has 2 unspecified atom stereocenters. The molecule has 0 saturated carbocycles. The van der Waals surface area contributed by atoms with Crippen LogP contribution in [-0.2, 0) is 4.79 Å². The summed E-state index contributed by atoms with van der Waals surface area (Å²) in [6, 6.07) is 10.9. The van der Waals surface area contributed by atoms with Gasteiger partial charge in [-0.15, -0.1) is 0 Å². The molecule has 5 nitrogen and oxygen atoms in total. The van der Waals surface area contributed by atoms with E-state index in [-0.39, 0.29) is 17.7 Å². The van der Waals surface area contributed by atoms with E-state index in [0.717, 1.165) is 22.3 Å². The van der Waals surface area contributed by atoms with Gasteiger partial charge < -0.3 is 15.7 Å². The topological polar surface area (TPSA) is 78.4 Å². The molecule has 5 heteroatoms. The third kappa shape index (κ3) is 7.16. The lowest BCUT2D eigenvalue weighted by atomic mass is 9.92. The number of ketones is 1. The van der Waals surface area contributed by atoms with Crippen LogP contribution >= 0.6 is 0 Å². The molecular weight excluding hydrogens is 388 g/mol. The highest BCUT2D eigenvalue weighted by atomic mass is 16.3. The van der Waals surface area contributed by atoms with Crippen molar-refractivity contribution in [1.29, 1.82) is 0 Å². The number of benzene rings is 2. The second kappa shape index (κ2) is 11.0. The summed E-state index contributed by atoms with van der Waals surface area (Å²) in [4.78, 5) is 24.5. The van der Waals surface area contributed by atoms with Crippen molar-refractivity contribution in [2.45, 2.75) is 60.1 Å². The van der Waals surface area contributed by atoms with E-state index in [9.17, 15) is 14.7 Å². The van der Waals surface area contributed by atoms with Gasteiger partial charge in [0.15, 0.2) is 5.78 Å². The van der Waals surface area contributed by atoms with Crippen LogP contribution in [0.2, 0.25) is 0 Å². The van der Waals surface area contributed by atoms with Crippen molar-refractivity contribution in [1.82, 2.24) is 5.32 Å².